The van der Waals surface area contributed by atoms with Gasteiger partial charge in [-0.15, -0.1) is 0 Å². The van der Waals surface area contributed by atoms with Crippen LogP contribution in [-0.2, 0) is 14.3 Å². The van der Waals surface area contributed by atoms with Gasteiger partial charge in [0.25, 0.3) is 0 Å². The summed E-state index contributed by atoms with van der Waals surface area (Å²) in [4.78, 5) is 37.9. The van der Waals surface area contributed by atoms with Crippen LogP contribution in [0.3, 0.4) is 0 Å². The molecule has 0 spiro atoms. The van der Waals surface area contributed by atoms with Gasteiger partial charge in [-0.3, -0.25) is 4.79 Å². The number of benzene rings is 2. The van der Waals surface area contributed by atoms with Crippen LogP contribution in [0, 0.1) is 5.92 Å². The molecule has 2 saturated heterocycles. The van der Waals surface area contributed by atoms with Crippen molar-refractivity contribution in [3.05, 3.63) is 59.7 Å². The van der Waals surface area contributed by atoms with Gasteiger partial charge in [0.05, 0.1) is 0 Å². The number of hydrogen-bond acceptors (Lipinski definition) is 4. The summed E-state index contributed by atoms with van der Waals surface area (Å²) in [6.07, 6.45) is 3.32. The number of nitrogens with one attached hydrogen (secondary N) is 1. The van der Waals surface area contributed by atoms with Gasteiger partial charge in [-0.2, -0.15) is 0 Å². The monoisotopic (exact) mass is 462 g/mol. The summed E-state index contributed by atoms with van der Waals surface area (Å²) >= 11 is 0. The zero-order chi connectivity index (χ0) is 23.7. The lowest BCUT2D eigenvalue weighted by Crippen LogP contribution is -2.54. The van der Waals surface area contributed by atoms with E-state index in [-0.39, 0.29) is 18.4 Å². The van der Waals surface area contributed by atoms with Gasteiger partial charge in [0.2, 0.25) is 5.91 Å². The van der Waals surface area contributed by atoms with Gasteiger partial charge in [-0.05, 0) is 53.9 Å². The average Bonchev–Trinajstić information content (AvgIpc) is 3.48. The van der Waals surface area contributed by atoms with E-state index in [0.717, 1.165) is 12.8 Å². The fourth-order valence-electron chi connectivity index (χ4n) is 5.86. The first-order valence-corrected chi connectivity index (χ1v) is 12.1. The van der Waals surface area contributed by atoms with E-state index in [4.69, 9.17) is 4.74 Å². The molecule has 2 amide bonds. The molecule has 2 bridgehead atoms. The van der Waals surface area contributed by atoms with Crippen molar-refractivity contribution in [1.29, 1.82) is 0 Å². The quantitative estimate of drug-likeness (QED) is 0.546. The number of fused-ring (bicyclic) bond motifs is 4. The topological polar surface area (TPSA) is 95.9 Å². The lowest BCUT2D eigenvalue weighted by atomic mass is 9.73. The Kier molecular flexibility index (Phi) is 6.02. The number of unbranched alkanes of at least 4 members (excludes halogenated alkanes) is 2. The van der Waals surface area contributed by atoms with Crippen molar-refractivity contribution >= 4 is 18.0 Å². The second-order valence-corrected chi connectivity index (χ2v) is 9.68. The van der Waals surface area contributed by atoms with E-state index < -0.39 is 17.6 Å². The number of ether oxygens (including phenoxy) is 1. The smallest absolute Gasteiger partial charge is 0.407 e. The standard InChI is InChI=1S/C27H30N2O5/c30-24(29-16-18-14-27(29,15-18)25(31)32)12-2-1-7-13-28-26(33)34-17-23-21-10-5-3-8-19(21)20-9-4-6-11-22(20)23/h3-6,8-11,18,23H,1-2,7,12-17H2,(H,28,33)(H,31,32). The molecule has 0 radical (unpaired) electrons. The summed E-state index contributed by atoms with van der Waals surface area (Å²) < 4.78 is 5.54. The van der Waals surface area contributed by atoms with E-state index in [1.807, 2.05) is 24.3 Å². The Bertz CT molecular complexity index is 1060. The van der Waals surface area contributed by atoms with Gasteiger partial charge in [0, 0.05) is 25.4 Å². The number of carbonyl (C=O) groups excluding carboxylic acids is 2. The Balaban J connectivity index is 1.01. The van der Waals surface area contributed by atoms with E-state index in [9.17, 15) is 19.5 Å². The number of rotatable bonds is 9. The van der Waals surface area contributed by atoms with Crippen LogP contribution in [0.2, 0.25) is 0 Å². The third-order valence-corrected chi connectivity index (χ3v) is 7.59. The van der Waals surface area contributed by atoms with Crippen LogP contribution >= 0.6 is 0 Å². The fraction of sp³-hybridized carbons (Fsp3) is 0.444. The highest BCUT2D eigenvalue weighted by molar-refractivity contribution is 5.89. The predicted octanol–water partition coefficient (Wildman–Crippen LogP) is 4.16. The molecule has 178 valence electrons. The van der Waals surface area contributed by atoms with Crippen molar-refractivity contribution in [3.63, 3.8) is 0 Å². The van der Waals surface area contributed by atoms with E-state index in [1.54, 1.807) is 4.90 Å². The number of amides is 2. The highest BCUT2D eigenvalue weighted by atomic mass is 16.5. The number of hydrogen-bond donors (Lipinski definition) is 2. The number of carbonyl (C=O) groups is 3. The minimum atomic E-state index is -0.937. The average molecular weight is 463 g/mol. The molecule has 2 aromatic carbocycles. The molecule has 2 aromatic rings. The largest absolute Gasteiger partial charge is 0.479 e. The highest BCUT2D eigenvalue weighted by Crippen LogP contribution is 2.51. The van der Waals surface area contributed by atoms with Crippen molar-refractivity contribution in [2.45, 2.75) is 50.0 Å². The first-order valence-electron chi connectivity index (χ1n) is 12.1. The number of nitrogens with zero attached hydrogens (tertiary/aromatic N) is 1. The number of carboxylic acids is 1. The molecule has 2 aliphatic heterocycles. The van der Waals surface area contributed by atoms with Crippen LogP contribution in [-0.4, -0.2) is 53.2 Å². The molecule has 1 saturated carbocycles. The Morgan fingerprint density at radius 2 is 1.62 bits per heavy atom. The lowest BCUT2D eigenvalue weighted by molar-refractivity contribution is -0.158. The third kappa shape index (κ3) is 3.93. The summed E-state index contributed by atoms with van der Waals surface area (Å²) in [5.74, 6) is -0.551. The SMILES string of the molecule is O=C(NCCCCCC(=O)N1CC2CC1(C(=O)O)C2)OCC1c2ccccc2-c2ccccc21. The summed E-state index contributed by atoms with van der Waals surface area (Å²) in [5, 5.41) is 12.3. The van der Waals surface area contributed by atoms with Gasteiger partial charge in [-0.25, -0.2) is 9.59 Å². The zero-order valence-corrected chi connectivity index (χ0v) is 19.2. The van der Waals surface area contributed by atoms with Crippen molar-refractivity contribution in [1.82, 2.24) is 10.2 Å². The Morgan fingerprint density at radius 3 is 2.26 bits per heavy atom. The molecule has 7 heteroatoms. The van der Waals surface area contributed by atoms with Crippen molar-refractivity contribution in [2.24, 2.45) is 5.92 Å². The number of alkyl carbamates (subject to hydrolysis) is 1. The second kappa shape index (κ2) is 9.12. The summed E-state index contributed by atoms with van der Waals surface area (Å²) in [6, 6.07) is 16.5. The minimum absolute atomic E-state index is 0.0370. The van der Waals surface area contributed by atoms with Crippen LogP contribution in [0.15, 0.2) is 48.5 Å². The molecule has 34 heavy (non-hydrogen) atoms. The minimum Gasteiger partial charge on any atom is -0.479 e. The van der Waals surface area contributed by atoms with Crippen LogP contribution in [0.5, 0.6) is 0 Å². The lowest BCUT2D eigenvalue weighted by Gasteiger charge is -2.37. The van der Waals surface area contributed by atoms with E-state index in [2.05, 4.69) is 29.6 Å². The molecular weight excluding hydrogens is 432 g/mol. The van der Waals surface area contributed by atoms with E-state index in [1.165, 1.54) is 22.3 Å². The maximum atomic E-state index is 12.5. The van der Waals surface area contributed by atoms with E-state index >= 15 is 0 Å². The molecule has 0 atom stereocenters. The molecule has 4 aliphatic rings. The van der Waals surface area contributed by atoms with Crippen LogP contribution in [0.1, 0.15) is 55.6 Å². The van der Waals surface area contributed by atoms with Gasteiger partial charge in [0.1, 0.15) is 12.1 Å². The third-order valence-electron chi connectivity index (χ3n) is 7.59. The van der Waals surface area contributed by atoms with Crippen molar-refractivity contribution < 1.29 is 24.2 Å². The maximum Gasteiger partial charge on any atom is 0.407 e. The molecule has 6 rings (SSSR count). The molecule has 2 aliphatic carbocycles. The zero-order valence-electron chi connectivity index (χ0n) is 19.2. The first-order chi connectivity index (χ1) is 16.5. The van der Waals surface area contributed by atoms with Crippen LogP contribution < -0.4 is 5.32 Å². The van der Waals surface area contributed by atoms with E-state index in [0.29, 0.717) is 44.7 Å². The van der Waals surface area contributed by atoms with Gasteiger partial charge in [0.15, 0.2) is 0 Å². The Hall–Kier alpha value is -3.35. The van der Waals surface area contributed by atoms with Crippen LogP contribution in [0.25, 0.3) is 11.1 Å². The fourth-order valence-corrected chi connectivity index (χ4v) is 5.86. The summed E-state index contributed by atoms with van der Waals surface area (Å²) in [7, 11) is 0. The van der Waals surface area contributed by atoms with Crippen LogP contribution in [0.4, 0.5) is 4.79 Å². The summed E-state index contributed by atoms with van der Waals surface area (Å²) in [5.41, 5.74) is 3.82. The molecular formula is C27H30N2O5. The molecule has 3 fully saturated rings. The summed E-state index contributed by atoms with van der Waals surface area (Å²) in [6.45, 7) is 1.35. The van der Waals surface area contributed by atoms with Gasteiger partial charge < -0.3 is 20.1 Å². The highest BCUT2D eigenvalue weighted by Gasteiger charge is 2.62. The maximum absolute atomic E-state index is 12.5. The first kappa shape index (κ1) is 22.4. The van der Waals surface area contributed by atoms with Gasteiger partial charge in [-0.1, -0.05) is 55.0 Å². The number of carboxylic acid groups (broad SMARTS) is 1. The molecule has 2 N–H and O–H groups in total. The molecule has 0 unspecified atom stereocenters. The second-order valence-electron chi connectivity index (χ2n) is 9.68. The normalized spacial score (nSPS) is 22.0. The molecule has 0 aromatic heterocycles. The predicted molar refractivity (Wildman–Crippen MR) is 126 cm³/mol. The Morgan fingerprint density at radius 1 is 0.971 bits per heavy atom. The van der Waals surface area contributed by atoms with Gasteiger partial charge >= 0.3 is 12.1 Å². The van der Waals surface area contributed by atoms with Crippen molar-refractivity contribution in [3.8, 4) is 11.1 Å². The molecule has 2 heterocycles. The molecule has 7 nitrogen and oxygen atoms in total. The number of aliphatic carboxylic acids is 1. The van der Waals surface area contributed by atoms with Crippen molar-refractivity contribution in [2.75, 3.05) is 19.7 Å². The Labute approximate surface area is 199 Å².